The number of hydrogen-bond acceptors (Lipinski definition) is 6. The number of likely N-dealkylation sites (N-methyl/N-ethyl adjacent to an activating group) is 2. The van der Waals surface area contributed by atoms with Gasteiger partial charge < -0.3 is 19.7 Å². The number of nitrogens with one attached hydrogen (secondary N) is 1. The number of aromatic nitrogens is 3. The summed E-state index contributed by atoms with van der Waals surface area (Å²) in [6.45, 7) is 1.86. The third-order valence-electron chi connectivity index (χ3n) is 4.58. The lowest BCUT2D eigenvalue weighted by Crippen LogP contribution is -2.32. The van der Waals surface area contributed by atoms with Crippen molar-refractivity contribution in [2.75, 3.05) is 41.4 Å². The Kier molecular flexibility index (Phi) is 6.10. The van der Waals surface area contributed by atoms with Gasteiger partial charge in [-0.05, 0) is 25.2 Å². The van der Waals surface area contributed by atoms with Crippen molar-refractivity contribution in [3.8, 4) is 11.5 Å². The Bertz CT molecular complexity index is 970. The number of rotatable bonds is 8. The molecule has 0 atom stereocenters. The second-order valence-electron chi connectivity index (χ2n) is 6.45. The van der Waals surface area contributed by atoms with E-state index >= 15 is 0 Å². The van der Waals surface area contributed by atoms with Crippen molar-refractivity contribution in [2.45, 2.75) is 6.54 Å². The largest absolute Gasteiger partial charge is 0.497 e. The van der Waals surface area contributed by atoms with Crippen LogP contribution in [0.25, 0.3) is 11.0 Å². The second-order valence-corrected chi connectivity index (χ2v) is 6.45. The molecule has 0 saturated carbocycles. The van der Waals surface area contributed by atoms with Crippen LogP contribution in [0.1, 0.15) is 15.9 Å². The molecule has 148 valence electrons. The van der Waals surface area contributed by atoms with E-state index in [-0.39, 0.29) is 5.91 Å². The molecule has 3 rings (SSSR count). The van der Waals surface area contributed by atoms with Crippen LogP contribution in [0.2, 0.25) is 0 Å². The number of methoxy groups -OCH3 is 2. The molecule has 0 saturated heterocycles. The van der Waals surface area contributed by atoms with Gasteiger partial charge in [0.05, 0.1) is 32.5 Å². The molecule has 0 fully saturated rings. The Balaban J connectivity index is 1.84. The minimum atomic E-state index is -0.0609. The molecule has 28 heavy (non-hydrogen) atoms. The molecule has 2 aromatic heterocycles. The molecular formula is C20H25N5O3. The van der Waals surface area contributed by atoms with Crippen molar-refractivity contribution in [2.24, 2.45) is 0 Å². The number of nitrogens with zero attached hydrogens (tertiary/aromatic N) is 4. The van der Waals surface area contributed by atoms with E-state index in [1.54, 1.807) is 43.2 Å². The van der Waals surface area contributed by atoms with Crippen LogP contribution < -0.4 is 14.8 Å². The summed E-state index contributed by atoms with van der Waals surface area (Å²) >= 11 is 0. The molecule has 0 aliphatic heterocycles. The quantitative estimate of drug-likeness (QED) is 0.639. The van der Waals surface area contributed by atoms with Crippen molar-refractivity contribution < 1.29 is 14.3 Å². The number of ether oxygens (including phenoxy) is 2. The predicted molar refractivity (Wildman–Crippen MR) is 107 cm³/mol. The lowest BCUT2D eigenvalue weighted by atomic mass is 10.2. The Labute approximate surface area is 164 Å². The van der Waals surface area contributed by atoms with E-state index < -0.39 is 0 Å². The highest BCUT2D eigenvalue weighted by Crippen LogP contribution is 2.26. The zero-order chi connectivity index (χ0) is 20.1. The second kappa shape index (κ2) is 8.71. The molecule has 1 N–H and O–H groups in total. The van der Waals surface area contributed by atoms with Gasteiger partial charge >= 0.3 is 0 Å². The summed E-state index contributed by atoms with van der Waals surface area (Å²) in [5.74, 6) is 1.39. The zero-order valence-corrected chi connectivity index (χ0v) is 16.6. The van der Waals surface area contributed by atoms with Gasteiger partial charge in [-0.3, -0.25) is 4.79 Å². The molecule has 2 heterocycles. The fraction of sp³-hybridized carbons (Fsp3) is 0.350. The highest BCUT2D eigenvalue weighted by Gasteiger charge is 2.15. The van der Waals surface area contributed by atoms with Crippen molar-refractivity contribution in [3.05, 3.63) is 47.8 Å². The molecule has 0 aliphatic rings. The topological polar surface area (TPSA) is 81.5 Å². The molecular weight excluding hydrogens is 358 g/mol. The number of benzene rings is 1. The van der Waals surface area contributed by atoms with E-state index in [9.17, 15) is 4.79 Å². The summed E-state index contributed by atoms with van der Waals surface area (Å²) in [7, 11) is 6.88. The maximum absolute atomic E-state index is 12.5. The molecule has 0 spiro atoms. The minimum absolute atomic E-state index is 0.0609. The Morgan fingerprint density at radius 2 is 2.04 bits per heavy atom. The number of carbonyl (C=O) groups excluding carboxylic acids is 1. The van der Waals surface area contributed by atoms with E-state index in [0.717, 1.165) is 29.0 Å². The fourth-order valence-corrected chi connectivity index (χ4v) is 2.95. The van der Waals surface area contributed by atoms with Crippen molar-refractivity contribution in [3.63, 3.8) is 0 Å². The lowest BCUT2D eigenvalue weighted by Gasteiger charge is -2.16. The van der Waals surface area contributed by atoms with Crippen LogP contribution >= 0.6 is 0 Å². The summed E-state index contributed by atoms with van der Waals surface area (Å²) in [5.41, 5.74) is 2.22. The van der Waals surface area contributed by atoms with Gasteiger partial charge in [0.2, 0.25) is 0 Å². The van der Waals surface area contributed by atoms with Gasteiger partial charge in [-0.15, -0.1) is 0 Å². The van der Waals surface area contributed by atoms with Crippen LogP contribution in [-0.2, 0) is 6.54 Å². The number of fused-ring (bicyclic) bond motifs is 1. The Morgan fingerprint density at radius 3 is 2.75 bits per heavy atom. The summed E-state index contributed by atoms with van der Waals surface area (Å²) in [5, 5.41) is 8.29. The first-order valence-electron chi connectivity index (χ1n) is 9.00. The highest BCUT2D eigenvalue weighted by molar-refractivity contribution is 5.96. The maximum Gasteiger partial charge on any atom is 0.255 e. The molecule has 8 heteroatoms. The van der Waals surface area contributed by atoms with Crippen LogP contribution in [0.5, 0.6) is 11.5 Å². The van der Waals surface area contributed by atoms with Crippen LogP contribution in [0.15, 0.2) is 36.7 Å². The predicted octanol–water partition coefficient (Wildman–Crippen LogP) is 1.79. The fourth-order valence-electron chi connectivity index (χ4n) is 2.95. The highest BCUT2D eigenvalue weighted by atomic mass is 16.5. The minimum Gasteiger partial charge on any atom is -0.497 e. The summed E-state index contributed by atoms with van der Waals surface area (Å²) in [6.07, 6.45) is 3.33. The SMILES string of the molecule is CNCCN(C)C(=O)c1cnc2c(cnn2Cc2ccc(OC)cc2OC)c1. The first-order chi connectivity index (χ1) is 13.6. The van der Waals surface area contributed by atoms with E-state index in [4.69, 9.17) is 9.47 Å². The van der Waals surface area contributed by atoms with E-state index in [1.807, 2.05) is 31.3 Å². The monoisotopic (exact) mass is 383 g/mol. The molecule has 3 aromatic rings. The third kappa shape index (κ3) is 4.07. The van der Waals surface area contributed by atoms with E-state index in [2.05, 4.69) is 15.4 Å². The van der Waals surface area contributed by atoms with Gasteiger partial charge in [-0.1, -0.05) is 0 Å². The van der Waals surface area contributed by atoms with Crippen LogP contribution in [0, 0.1) is 0 Å². The molecule has 0 bridgehead atoms. The average molecular weight is 383 g/mol. The third-order valence-corrected chi connectivity index (χ3v) is 4.58. The Morgan fingerprint density at radius 1 is 1.21 bits per heavy atom. The van der Waals surface area contributed by atoms with Crippen molar-refractivity contribution in [1.82, 2.24) is 25.0 Å². The molecule has 8 nitrogen and oxygen atoms in total. The number of pyridine rings is 1. The maximum atomic E-state index is 12.5. The van der Waals surface area contributed by atoms with E-state index in [1.165, 1.54) is 0 Å². The molecule has 1 amide bonds. The first kappa shape index (κ1) is 19.6. The smallest absolute Gasteiger partial charge is 0.255 e. The lowest BCUT2D eigenvalue weighted by molar-refractivity contribution is 0.0796. The summed E-state index contributed by atoms with van der Waals surface area (Å²) in [6, 6.07) is 7.50. The van der Waals surface area contributed by atoms with Gasteiger partial charge in [-0.25, -0.2) is 9.67 Å². The standard InChI is InChI=1S/C20H25N5O3/c1-21-7-8-24(2)20(26)16-9-15-12-23-25(19(15)22-11-16)13-14-5-6-17(27-3)10-18(14)28-4/h5-6,9-12,21H,7-8,13H2,1-4H3. The molecule has 1 aromatic carbocycles. The molecule has 0 unspecified atom stereocenters. The van der Waals surface area contributed by atoms with Crippen LogP contribution in [0.4, 0.5) is 0 Å². The first-order valence-corrected chi connectivity index (χ1v) is 9.00. The Hall–Kier alpha value is -3.13. The van der Waals surface area contributed by atoms with Gasteiger partial charge in [0.25, 0.3) is 5.91 Å². The zero-order valence-electron chi connectivity index (χ0n) is 16.6. The van der Waals surface area contributed by atoms with Crippen molar-refractivity contribution >= 4 is 16.9 Å². The van der Waals surface area contributed by atoms with Gasteiger partial charge in [0.15, 0.2) is 5.65 Å². The van der Waals surface area contributed by atoms with Gasteiger partial charge in [0.1, 0.15) is 11.5 Å². The molecule has 0 radical (unpaired) electrons. The number of carbonyl (C=O) groups is 1. The summed E-state index contributed by atoms with van der Waals surface area (Å²) < 4.78 is 12.5. The molecule has 0 aliphatic carbocycles. The van der Waals surface area contributed by atoms with Gasteiger partial charge in [-0.2, -0.15) is 5.10 Å². The van der Waals surface area contributed by atoms with Crippen LogP contribution in [-0.4, -0.2) is 67.0 Å². The normalized spacial score (nSPS) is 10.9. The number of hydrogen-bond donors (Lipinski definition) is 1. The van der Waals surface area contributed by atoms with E-state index in [0.29, 0.717) is 24.3 Å². The summed E-state index contributed by atoms with van der Waals surface area (Å²) in [4.78, 5) is 18.7. The number of amides is 1. The van der Waals surface area contributed by atoms with Crippen molar-refractivity contribution in [1.29, 1.82) is 0 Å². The van der Waals surface area contributed by atoms with Gasteiger partial charge in [0, 0.05) is 43.4 Å². The van der Waals surface area contributed by atoms with Crippen LogP contribution in [0.3, 0.4) is 0 Å². The average Bonchev–Trinajstić information content (AvgIpc) is 3.13.